The van der Waals surface area contributed by atoms with E-state index in [0.29, 0.717) is 11.1 Å². The minimum atomic E-state index is -3.95. The van der Waals surface area contributed by atoms with E-state index in [1.54, 1.807) is 13.0 Å². The van der Waals surface area contributed by atoms with E-state index in [1.807, 2.05) is 0 Å². The van der Waals surface area contributed by atoms with E-state index in [0.717, 1.165) is 0 Å². The summed E-state index contributed by atoms with van der Waals surface area (Å²) in [7, 11) is 2.75. The highest BCUT2D eigenvalue weighted by molar-refractivity contribution is 8.14. The Labute approximate surface area is 96.4 Å². The summed E-state index contributed by atoms with van der Waals surface area (Å²) in [4.78, 5) is -0.185. The van der Waals surface area contributed by atoms with Crippen LogP contribution >= 0.6 is 10.7 Å². The summed E-state index contributed by atoms with van der Waals surface area (Å²) in [5.74, 6) is 0.138. The number of aryl methyl sites for hydroxylation is 1. The average Bonchev–Trinajstić information content (AvgIpc) is 2.57. The molecule has 0 unspecified atom stereocenters. The Kier molecular flexibility index (Phi) is 2.55. The molecule has 0 aliphatic heterocycles. The largest absolute Gasteiger partial charge is 0.495 e. The summed E-state index contributed by atoms with van der Waals surface area (Å²) in [5, 5.41) is 4.29. The van der Waals surface area contributed by atoms with Crippen LogP contribution in [0.25, 0.3) is 11.0 Å². The molecule has 0 atom stereocenters. The minimum Gasteiger partial charge on any atom is -0.495 e. The zero-order valence-corrected chi connectivity index (χ0v) is 10.1. The molecule has 0 spiro atoms. The second-order valence-corrected chi connectivity index (χ2v) is 5.68. The first kappa shape index (κ1) is 11.2. The fourth-order valence-electron chi connectivity index (χ4n) is 1.48. The van der Waals surface area contributed by atoms with Crippen molar-refractivity contribution in [2.24, 2.45) is 0 Å². The molecule has 0 radical (unpaired) electrons. The molecule has 5 nitrogen and oxygen atoms in total. The molecular formula is C9H8ClNO4S. The number of nitrogens with zero attached hydrogens (tertiary/aromatic N) is 1. The maximum Gasteiger partial charge on any atom is 0.268 e. The first-order chi connectivity index (χ1) is 7.45. The second kappa shape index (κ2) is 3.64. The van der Waals surface area contributed by atoms with Gasteiger partial charge in [0, 0.05) is 16.1 Å². The van der Waals surface area contributed by atoms with Gasteiger partial charge in [-0.2, -0.15) is 0 Å². The Balaban J connectivity index is 2.95. The number of halogens is 1. The van der Waals surface area contributed by atoms with Crippen LogP contribution in [0.3, 0.4) is 0 Å². The quantitative estimate of drug-likeness (QED) is 0.774. The predicted octanol–water partition coefficient (Wildman–Crippen LogP) is 2.07. The van der Waals surface area contributed by atoms with Gasteiger partial charge >= 0.3 is 0 Å². The molecule has 86 valence electrons. The van der Waals surface area contributed by atoms with Gasteiger partial charge in [-0.05, 0) is 19.1 Å². The Hall–Kier alpha value is -1.27. The fraction of sp³-hybridized carbons (Fsp3) is 0.222. The van der Waals surface area contributed by atoms with Gasteiger partial charge in [-0.1, -0.05) is 5.16 Å². The monoisotopic (exact) mass is 261 g/mol. The molecule has 0 saturated carbocycles. The van der Waals surface area contributed by atoms with Crippen molar-refractivity contribution in [2.45, 2.75) is 11.8 Å². The van der Waals surface area contributed by atoms with Crippen LogP contribution in [0.15, 0.2) is 21.6 Å². The Bertz CT molecular complexity index is 647. The first-order valence-corrected chi connectivity index (χ1v) is 6.63. The van der Waals surface area contributed by atoms with Crippen molar-refractivity contribution < 1.29 is 17.7 Å². The van der Waals surface area contributed by atoms with Gasteiger partial charge in [-0.25, -0.2) is 8.42 Å². The third kappa shape index (κ3) is 1.64. The molecule has 1 aromatic heterocycles. The standard InChI is InChI=1S/C9H8ClNO4S/c1-5-6-3-4-7(14-2)9(16(10,12)13)8(6)15-11-5/h3-4H,1-2H3. The number of ether oxygens (including phenoxy) is 1. The Morgan fingerprint density at radius 2 is 2.12 bits per heavy atom. The summed E-state index contributed by atoms with van der Waals surface area (Å²) in [6, 6.07) is 3.19. The van der Waals surface area contributed by atoms with E-state index in [1.165, 1.54) is 13.2 Å². The van der Waals surface area contributed by atoms with Gasteiger partial charge in [-0.3, -0.25) is 0 Å². The molecule has 0 amide bonds. The molecule has 16 heavy (non-hydrogen) atoms. The first-order valence-electron chi connectivity index (χ1n) is 4.33. The lowest BCUT2D eigenvalue weighted by molar-refractivity contribution is 0.397. The minimum absolute atomic E-state index is 0.117. The number of rotatable bonds is 2. The second-order valence-electron chi connectivity index (χ2n) is 3.18. The highest BCUT2D eigenvalue weighted by Crippen LogP contribution is 2.35. The lowest BCUT2D eigenvalue weighted by Crippen LogP contribution is -1.96. The fourth-order valence-corrected chi connectivity index (χ4v) is 2.67. The van der Waals surface area contributed by atoms with Crippen molar-refractivity contribution in [1.82, 2.24) is 5.16 Å². The van der Waals surface area contributed by atoms with Crippen molar-refractivity contribution in [2.75, 3.05) is 7.11 Å². The lowest BCUT2D eigenvalue weighted by atomic mass is 10.2. The molecule has 2 rings (SSSR count). The van der Waals surface area contributed by atoms with E-state index in [9.17, 15) is 8.42 Å². The van der Waals surface area contributed by atoms with Gasteiger partial charge in [0.25, 0.3) is 9.05 Å². The van der Waals surface area contributed by atoms with Gasteiger partial charge in [-0.15, -0.1) is 0 Å². The van der Waals surface area contributed by atoms with Crippen LogP contribution in [-0.2, 0) is 9.05 Å². The Morgan fingerprint density at radius 1 is 1.44 bits per heavy atom. The average molecular weight is 262 g/mol. The molecule has 1 aromatic carbocycles. The number of methoxy groups -OCH3 is 1. The van der Waals surface area contributed by atoms with Gasteiger partial charge < -0.3 is 9.26 Å². The molecular weight excluding hydrogens is 254 g/mol. The topological polar surface area (TPSA) is 69.4 Å². The number of aromatic nitrogens is 1. The SMILES string of the molecule is COc1ccc2c(C)noc2c1S(=O)(=O)Cl. The Morgan fingerprint density at radius 3 is 2.69 bits per heavy atom. The van der Waals surface area contributed by atoms with Crippen LogP contribution < -0.4 is 4.74 Å². The molecule has 0 N–H and O–H groups in total. The molecule has 0 fully saturated rings. The van der Waals surface area contributed by atoms with E-state index in [2.05, 4.69) is 5.16 Å². The summed E-state index contributed by atoms with van der Waals surface area (Å²) in [6.07, 6.45) is 0. The predicted molar refractivity (Wildman–Crippen MR) is 58.3 cm³/mol. The van der Waals surface area contributed by atoms with Crippen LogP contribution in [0.5, 0.6) is 5.75 Å². The summed E-state index contributed by atoms with van der Waals surface area (Å²) < 4.78 is 32.8. The summed E-state index contributed by atoms with van der Waals surface area (Å²) in [5.41, 5.74) is 0.714. The van der Waals surface area contributed by atoms with Gasteiger partial charge in [0.05, 0.1) is 12.8 Å². The van der Waals surface area contributed by atoms with Crippen LogP contribution in [-0.4, -0.2) is 20.7 Å². The summed E-state index contributed by atoms with van der Waals surface area (Å²) >= 11 is 0. The van der Waals surface area contributed by atoms with E-state index in [4.69, 9.17) is 19.9 Å². The van der Waals surface area contributed by atoms with E-state index >= 15 is 0 Å². The van der Waals surface area contributed by atoms with Gasteiger partial charge in [0.15, 0.2) is 10.5 Å². The molecule has 7 heteroatoms. The van der Waals surface area contributed by atoms with Crippen LogP contribution in [0.4, 0.5) is 0 Å². The zero-order valence-electron chi connectivity index (χ0n) is 8.52. The highest BCUT2D eigenvalue weighted by Gasteiger charge is 2.24. The van der Waals surface area contributed by atoms with Gasteiger partial charge in [0.2, 0.25) is 0 Å². The number of hydrogen-bond donors (Lipinski definition) is 0. The summed E-state index contributed by atoms with van der Waals surface area (Å²) in [6.45, 7) is 1.71. The molecule has 0 bridgehead atoms. The molecule has 1 heterocycles. The smallest absolute Gasteiger partial charge is 0.268 e. The maximum atomic E-state index is 11.4. The highest BCUT2D eigenvalue weighted by atomic mass is 35.7. The molecule has 0 aliphatic rings. The van der Waals surface area contributed by atoms with Crippen LogP contribution in [0, 0.1) is 6.92 Å². The molecule has 2 aromatic rings. The number of benzene rings is 1. The maximum absolute atomic E-state index is 11.4. The third-order valence-electron chi connectivity index (χ3n) is 2.20. The zero-order chi connectivity index (χ0) is 11.9. The van der Waals surface area contributed by atoms with Crippen molar-refractivity contribution in [1.29, 1.82) is 0 Å². The van der Waals surface area contributed by atoms with Crippen molar-refractivity contribution in [3.63, 3.8) is 0 Å². The number of hydrogen-bond acceptors (Lipinski definition) is 5. The third-order valence-corrected chi connectivity index (χ3v) is 3.54. The van der Waals surface area contributed by atoms with E-state index < -0.39 is 9.05 Å². The van der Waals surface area contributed by atoms with Crippen LogP contribution in [0.2, 0.25) is 0 Å². The normalized spacial score (nSPS) is 11.9. The van der Waals surface area contributed by atoms with Crippen molar-refractivity contribution in [3.05, 3.63) is 17.8 Å². The van der Waals surface area contributed by atoms with Crippen LogP contribution in [0.1, 0.15) is 5.69 Å². The van der Waals surface area contributed by atoms with Crippen molar-refractivity contribution >= 4 is 30.7 Å². The van der Waals surface area contributed by atoms with E-state index in [-0.39, 0.29) is 16.2 Å². The van der Waals surface area contributed by atoms with Gasteiger partial charge in [0.1, 0.15) is 5.75 Å². The number of fused-ring (bicyclic) bond motifs is 1. The molecule has 0 saturated heterocycles. The molecule has 0 aliphatic carbocycles. The van der Waals surface area contributed by atoms with Crippen molar-refractivity contribution in [3.8, 4) is 5.75 Å². The lowest BCUT2D eigenvalue weighted by Gasteiger charge is -2.04.